The van der Waals surface area contributed by atoms with Crippen LogP contribution < -0.4 is 10.9 Å². The number of fused-ring (bicyclic) bond motifs is 1. The van der Waals surface area contributed by atoms with Gasteiger partial charge in [-0.1, -0.05) is 24.9 Å². The number of hydrogen-bond acceptors (Lipinski definition) is 5. The fourth-order valence-corrected chi connectivity index (χ4v) is 5.27. The molecule has 2 N–H and O–H groups in total. The van der Waals surface area contributed by atoms with Gasteiger partial charge in [0.25, 0.3) is 0 Å². The summed E-state index contributed by atoms with van der Waals surface area (Å²) in [6.45, 7) is 3.81. The monoisotopic (exact) mass is 392 g/mol. The molecule has 1 aromatic carbocycles. The first-order valence-electron chi connectivity index (χ1n) is 9.50. The maximum Gasteiger partial charge on any atom is 0.241 e. The molecule has 26 heavy (non-hydrogen) atoms. The molecule has 2 saturated heterocycles. The maximum atomic E-state index is 12.8. The van der Waals surface area contributed by atoms with E-state index in [9.17, 15) is 4.79 Å². The molecular weight excluding hydrogens is 368 g/mol. The Labute approximate surface area is 163 Å². The van der Waals surface area contributed by atoms with Crippen LogP contribution in [0, 0.1) is 0 Å². The third-order valence-electron chi connectivity index (χ3n) is 5.44. The van der Waals surface area contributed by atoms with E-state index in [-0.39, 0.29) is 11.9 Å². The topological polar surface area (TPSA) is 57.3 Å². The van der Waals surface area contributed by atoms with Crippen molar-refractivity contribution in [3.8, 4) is 0 Å². The third kappa shape index (κ3) is 3.74. The van der Waals surface area contributed by atoms with E-state index >= 15 is 0 Å². The van der Waals surface area contributed by atoms with Crippen LogP contribution in [-0.2, 0) is 4.79 Å². The zero-order chi connectivity index (χ0) is 18.1. The Kier molecular flexibility index (Phi) is 5.45. The molecule has 1 aromatic heterocycles. The van der Waals surface area contributed by atoms with Gasteiger partial charge in [0.2, 0.25) is 5.91 Å². The summed E-state index contributed by atoms with van der Waals surface area (Å²) < 4.78 is 1.19. The van der Waals surface area contributed by atoms with Crippen molar-refractivity contribution < 1.29 is 4.79 Å². The van der Waals surface area contributed by atoms with Crippen LogP contribution in [0.25, 0.3) is 10.2 Å². The second-order valence-corrected chi connectivity index (χ2v) is 8.82. The summed E-state index contributed by atoms with van der Waals surface area (Å²) in [7, 11) is 0. The molecule has 2 aromatic rings. The van der Waals surface area contributed by atoms with E-state index in [0.717, 1.165) is 55.7 Å². The van der Waals surface area contributed by atoms with Crippen LogP contribution in [0.15, 0.2) is 18.2 Å². The largest absolute Gasteiger partial charge is 0.341 e. The Morgan fingerprint density at radius 2 is 2.15 bits per heavy atom. The van der Waals surface area contributed by atoms with Gasteiger partial charge in [-0.05, 0) is 43.9 Å². The summed E-state index contributed by atoms with van der Waals surface area (Å²) in [4.78, 5) is 19.6. The zero-order valence-corrected chi connectivity index (χ0v) is 16.6. The molecule has 0 bridgehead atoms. The molecule has 4 rings (SSSR count). The van der Waals surface area contributed by atoms with Gasteiger partial charge in [0.15, 0.2) is 0 Å². The molecule has 0 saturated carbocycles. The van der Waals surface area contributed by atoms with Gasteiger partial charge >= 0.3 is 0 Å². The number of hydrogen-bond donors (Lipinski definition) is 2. The second-order valence-electron chi connectivity index (χ2n) is 7.33. The standard InChI is InChI=1S/C19H25ClN4OS/c1-2-3-14-11-16(23-22-14)19(25)24-8-6-12(7-9-24)18-21-15-10-13(20)4-5-17(15)26-18/h4-5,10,12,14,16,22-23H,2-3,6-9,11H2,1H3. The lowest BCUT2D eigenvalue weighted by Crippen LogP contribution is -2.48. The minimum Gasteiger partial charge on any atom is -0.341 e. The molecule has 7 heteroatoms. The van der Waals surface area contributed by atoms with E-state index in [2.05, 4.69) is 17.8 Å². The average Bonchev–Trinajstić information content (AvgIpc) is 3.28. The van der Waals surface area contributed by atoms with Gasteiger partial charge in [-0.15, -0.1) is 11.3 Å². The fraction of sp³-hybridized carbons (Fsp3) is 0.579. The molecule has 3 heterocycles. The molecule has 2 unspecified atom stereocenters. The van der Waals surface area contributed by atoms with Crippen LogP contribution in [0.2, 0.25) is 5.02 Å². The number of hydrazine groups is 1. The highest BCUT2D eigenvalue weighted by molar-refractivity contribution is 7.18. The molecule has 2 atom stereocenters. The van der Waals surface area contributed by atoms with Crippen molar-refractivity contribution in [3.63, 3.8) is 0 Å². The lowest BCUT2D eigenvalue weighted by molar-refractivity contribution is -0.134. The predicted octanol–water partition coefficient (Wildman–Crippen LogP) is 3.69. The highest BCUT2D eigenvalue weighted by Gasteiger charge is 2.34. The zero-order valence-electron chi connectivity index (χ0n) is 15.0. The van der Waals surface area contributed by atoms with Crippen molar-refractivity contribution in [1.29, 1.82) is 0 Å². The lowest BCUT2D eigenvalue weighted by Gasteiger charge is -2.32. The van der Waals surface area contributed by atoms with E-state index < -0.39 is 0 Å². The number of aromatic nitrogens is 1. The summed E-state index contributed by atoms with van der Waals surface area (Å²) in [5, 5.41) is 1.91. The number of piperidine rings is 1. The van der Waals surface area contributed by atoms with E-state index in [1.807, 2.05) is 23.1 Å². The van der Waals surface area contributed by atoms with Crippen LogP contribution >= 0.6 is 22.9 Å². The summed E-state index contributed by atoms with van der Waals surface area (Å²) in [6, 6.07) is 6.24. The van der Waals surface area contributed by atoms with Crippen LogP contribution in [0.5, 0.6) is 0 Å². The summed E-state index contributed by atoms with van der Waals surface area (Å²) in [5.74, 6) is 0.684. The molecule has 2 aliphatic rings. The minimum atomic E-state index is -0.0762. The molecule has 140 valence electrons. The van der Waals surface area contributed by atoms with Gasteiger partial charge in [-0.3, -0.25) is 10.2 Å². The summed E-state index contributed by atoms with van der Waals surface area (Å²) in [5.41, 5.74) is 7.44. The normalized spacial score (nSPS) is 24.5. The van der Waals surface area contributed by atoms with Crippen molar-refractivity contribution in [3.05, 3.63) is 28.2 Å². The van der Waals surface area contributed by atoms with Crippen LogP contribution in [0.1, 0.15) is 50.0 Å². The molecule has 2 fully saturated rings. The number of benzene rings is 1. The van der Waals surface area contributed by atoms with Gasteiger partial charge in [0, 0.05) is 30.1 Å². The molecule has 1 amide bonds. The van der Waals surface area contributed by atoms with E-state index in [4.69, 9.17) is 16.6 Å². The number of halogens is 1. The number of carbonyl (C=O) groups is 1. The number of thiazole rings is 1. The minimum absolute atomic E-state index is 0.0762. The first kappa shape index (κ1) is 18.2. The number of nitrogens with zero attached hydrogens (tertiary/aromatic N) is 2. The Bertz CT molecular complexity index is 787. The van der Waals surface area contributed by atoms with Crippen LogP contribution in [-0.4, -0.2) is 41.0 Å². The Morgan fingerprint density at radius 3 is 2.92 bits per heavy atom. The lowest BCUT2D eigenvalue weighted by atomic mass is 9.96. The van der Waals surface area contributed by atoms with Gasteiger partial charge in [-0.2, -0.15) is 0 Å². The molecule has 0 spiro atoms. The first-order chi connectivity index (χ1) is 12.6. The summed E-state index contributed by atoms with van der Waals surface area (Å²) >= 11 is 7.83. The van der Waals surface area contributed by atoms with Crippen molar-refractivity contribution in [2.24, 2.45) is 0 Å². The number of amides is 1. The van der Waals surface area contributed by atoms with Crippen molar-refractivity contribution >= 4 is 39.1 Å². The van der Waals surface area contributed by atoms with E-state index in [1.165, 1.54) is 9.71 Å². The van der Waals surface area contributed by atoms with Crippen molar-refractivity contribution in [1.82, 2.24) is 20.7 Å². The molecule has 2 aliphatic heterocycles. The molecule has 5 nitrogen and oxygen atoms in total. The van der Waals surface area contributed by atoms with Gasteiger partial charge < -0.3 is 4.90 Å². The Balaban J connectivity index is 1.35. The molecule has 0 radical (unpaired) electrons. The number of carbonyl (C=O) groups excluding carboxylic acids is 1. The highest BCUT2D eigenvalue weighted by Crippen LogP contribution is 2.35. The van der Waals surface area contributed by atoms with E-state index in [1.54, 1.807) is 11.3 Å². The number of nitrogens with one attached hydrogen (secondary N) is 2. The predicted molar refractivity (Wildman–Crippen MR) is 107 cm³/mol. The first-order valence-corrected chi connectivity index (χ1v) is 10.7. The van der Waals surface area contributed by atoms with Gasteiger partial charge in [0.1, 0.15) is 6.04 Å². The highest BCUT2D eigenvalue weighted by atomic mass is 35.5. The Morgan fingerprint density at radius 1 is 1.35 bits per heavy atom. The van der Waals surface area contributed by atoms with E-state index in [0.29, 0.717) is 12.0 Å². The SMILES string of the molecule is CCCC1CC(C(=O)N2CCC(c3nc4cc(Cl)ccc4s3)CC2)NN1. The van der Waals surface area contributed by atoms with Crippen molar-refractivity contribution in [2.75, 3.05) is 13.1 Å². The number of likely N-dealkylation sites (tertiary alicyclic amines) is 1. The Hall–Kier alpha value is -1.21. The van der Waals surface area contributed by atoms with Crippen molar-refractivity contribution in [2.45, 2.75) is 57.0 Å². The van der Waals surface area contributed by atoms with Crippen LogP contribution in [0.4, 0.5) is 0 Å². The van der Waals surface area contributed by atoms with Gasteiger partial charge in [0.05, 0.1) is 15.2 Å². The second kappa shape index (κ2) is 7.80. The van der Waals surface area contributed by atoms with Crippen LogP contribution in [0.3, 0.4) is 0 Å². The average molecular weight is 393 g/mol. The fourth-order valence-electron chi connectivity index (χ4n) is 3.98. The summed E-state index contributed by atoms with van der Waals surface area (Å²) in [6.07, 6.45) is 5.11. The molecule has 0 aliphatic carbocycles. The van der Waals surface area contributed by atoms with Gasteiger partial charge in [-0.25, -0.2) is 10.4 Å². The molecular formula is C19H25ClN4OS. The quantitative estimate of drug-likeness (QED) is 0.833. The third-order valence-corrected chi connectivity index (χ3v) is 6.87. The smallest absolute Gasteiger partial charge is 0.241 e. The maximum absolute atomic E-state index is 12.8. The number of rotatable bonds is 4.